The fraction of sp³-hybridized carbons (Fsp3) is 0.588. The second kappa shape index (κ2) is 5.51. The van der Waals surface area contributed by atoms with E-state index in [1.165, 1.54) is 6.42 Å². The van der Waals surface area contributed by atoms with Crippen LogP contribution in [0, 0.1) is 11.3 Å². The highest BCUT2D eigenvalue weighted by Gasteiger charge is 2.46. The highest BCUT2D eigenvalue weighted by Crippen LogP contribution is 2.45. The molecule has 2 fully saturated rings. The third-order valence-electron chi connectivity index (χ3n) is 5.89. The Hall–Kier alpha value is -2.11. The number of aromatic amines is 1. The van der Waals surface area contributed by atoms with Gasteiger partial charge >= 0.3 is 0 Å². The molecule has 0 spiro atoms. The van der Waals surface area contributed by atoms with Crippen molar-refractivity contribution in [3.63, 3.8) is 0 Å². The Morgan fingerprint density at radius 2 is 2.22 bits per heavy atom. The molecule has 2 aliphatic rings. The molecule has 0 aliphatic carbocycles. The highest BCUT2D eigenvalue weighted by atomic mass is 16.1. The average Bonchev–Trinajstić information content (AvgIpc) is 3.09. The SMILES string of the molecule is CCC12CN(C=O)CCC1CCN(c1ncnc3[nH]ccc13)C2. The monoisotopic (exact) mass is 313 g/mol. The number of amides is 1. The Morgan fingerprint density at radius 1 is 1.35 bits per heavy atom. The summed E-state index contributed by atoms with van der Waals surface area (Å²) in [6.45, 7) is 6.04. The van der Waals surface area contributed by atoms with Crippen LogP contribution >= 0.6 is 0 Å². The van der Waals surface area contributed by atoms with Crippen LogP contribution in [0.25, 0.3) is 11.0 Å². The van der Waals surface area contributed by atoms with E-state index in [1.807, 2.05) is 17.2 Å². The largest absolute Gasteiger partial charge is 0.355 e. The Morgan fingerprint density at radius 3 is 3.04 bits per heavy atom. The van der Waals surface area contributed by atoms with Crippen LogP contribution in [0.3, 0.4) is 0 Å². The first-order valence-corrected chi connectivity index (χ1v) is 8.48. The van der Waals surface area contributed by atoms with Gasteiger partial charge in [0.25, 0.3) is 0 Å². The van der Waals surface area contributed by atoms with E-state index >= 15 is 0 Å². The molecular weight excluding hydrogens is 290 g/mol. The molecule has 6 nitrogen and oxygen atoms in total. The van der Waals surface area contributed by atoms with Crippen LogP contribution in [-0.4, -0.2) is 52.4 Å². The molecule has 2 aliphatic heterocycles. The van der Waals surface area contributed by atoms with Gasteiger partial charge in [0.2, 0.25) is 6.41 Å². The van der Waals surface area contributed by atoms with E-state index in [0.29, 0.717) is 5.92 Å². The summed E-state index contributed by atoms with van der Waals surface area (Å²) in [4.78, 5) is 27.6. The first-order valence-electron chi connectivity index (χ1n) is 8.48. The van der Waals surface area contributed by atoms with E-state index in [9.17, 15) is 4.79 Å². The Bertz CT molecular complexity index is 714. The summed E-state index contributed by atoms with van der Waals surface area (Å²) in [5.41, 5.74) is 1.08. The summed E-state index contributed by atoms with van der Waals surface area (Å²) in [7, 11) is 0. The molecule has 2 aromatic heterocycles. The summed E-state index contributed by atoms with van der Waals surface area (Å²) in [6.07, 6.45) is 7.97. The zero-order valence-corrected chi connectivity index (χ0v) is 13.5. The number of fused-ring (bicyclic) bond motifs is 2. The maximum absolute atomic E-state index is 11.3. The third kappa shape index (κ3) is 2.28. The fourth-order valence-corrected chi connectivity index (χ4v) is 4.53. The van der Waals surface area contributed by atoms with E-state index in [2.05, 4.69) is 26.8 Å². The van der Waals surface area contributed by atoms with Crippen molar-refractivity contribution >= 4 is 23.3 Å². The van der Waals surface area contributed by atoms with Crippen molar-refractivity contribution in [3.05, 3.63) is 18.6 Å². The lowest BCUT2D eigenvalue weighted by Gasteiger charge is -2.53. The number of anilines is 1. The molecule has 2 atom stereocenters. The lowest BCUT2D eigenvalue weighted by Crippen LogP contribution is -2.57. The van der Waals surface area contributed by atoms with Crippen LogP contribution < -0.4 is 4.90 Å². The number of hydrogen-bond donors (Lipinski definition) is 1. The molecule has 1 N–H and O–H groups in total. The maximum atomic E-state index is 11.3. The lowest BCUT2D eigenvalue weighted by molar-refractivity contribution is -0.123. The summed E-state index contributed by atoms with van der Waals surface area (Å²) < 4.78 is 0. The molecule has 2 unspecified atom stereocenters. The zero-order chi connectivity index (χ0) is 15.9. The first kappa shape index (κ1) is 14.5. The van der Waals surface area contributed by atoms with Gasteiger partial charge in [-0.25, -0.2) is 9.97 Å². The predicted molar refractivity (Wildman–Crippen MR) is 89.2 cm³/mol. The number of carbonyl (C=O) groups excluding carboxylic acids is 1. The molecule has 4 rings (SSSR count). The molecule has 122 valence electrons. The van der Waals surface area contributed by atoms with Crippen molar-refractivity contribution in [2.45, 2.75) is 26.2 Å². The van der Waals surface area contributed by atoms with Crippen molar-refractivity contribution < 1.29 is 4.79 Å². The molecule has 0 aromatic carbocycles. The van der Waals surface area contributed by atoms with Crippen molar-refractivity contribution in [1.29, 1.82) is 0 Å². The molecule has 2 aromatic rings. The van der Waals surface area contributed by atoms with Gasteiger partial charge in [0.1, 0.15) is 17.8 Å². The van der Waals surface area contributed by atoms with Gasteiger partial charge in [-0.05, 0) is 31.2 Å². The molecule has 4 heterocycles. The zero-order valence-electron chi connectivity index (χ0n) is 13.5. The van der Waals surface area contributed by atoms with Crippen molar-refractivity contribution in [3.8, 4) is 0 Å². The number of rotatable bonds is 3. The van der Waals surface area contributed by atoms with Crippen LogP contribution in [0.1, 0.15) is 26.2 Å². The quantitative estimate of drug-likeness (QED) is 0.881. The van der Waals surface area contributed by atoms with E-state index in [-0.39, 0.29) is 5.41 Å². The topological polar surface area (TPSA) is 65.1 Å². The minimum absolute atomic E-state index is 0.186. The summed E-state index contributed by atoms with van der Waals surface area (Å²) >= 11 is 0. The van der Waals surface area contributed by atoms with Crippen molar-refractivity contribution in [1.82, 2.24) is 19.9 Å². The van der Waals surface area contributed by atoms with Gasteiger partial charge in [0.05, 0.1) is 5.39 Å². The second-order valence-corrected chi connectivity index (χ2v) is 6.92. The van der Waals surface area contributed by atoms with Crippen LogP contribution in [0.2, 0.25) is 0 Å². The average molecular weight is 313 g/mol. The number of aromatic nitrogens is 3. The summed E-state index contributed by atoms with van der Waals surface area (Å²) in [5.74, 6) is 1.73. The van der Waals surface area contributed by atoms with E-state index in [1.54, 1.807) is 6.33 Å². The van der Waals surface area contributed by atoms with Crippen LogP contribution in [-0.2, 0) is 4.79 Å². The fourth-order valence-electron chi connectivity index (χ4n) is 4.53. The second-order valence-electron chi connectivity index (χ2n) is 6.92. The molecule has 0 bridgehead atoms. The van der Waals surface area contributed by atoms with Crippen LogP contribution in [0.15, 0.2) is 18.6 Å². The van der Waals surface area contributed by atoms with Crippen molar-refractivity contribution in [2.24, 2.45) is 11.3 Å². The Balaban J connectivity index is 1.67. The molecule has 0 saturated carbocycles. The van der Waals surface area contributed by atoms with Gasteiger partial charge in [-0.1, -0.05) is 6.92 Å². The first-order chi connectivity index (χ1) is 11.3. The third-order valence-corrected chi connectivity index (χ3v) is 5.89. The van der Waals surface area contributed by atoms with E-state index in [0.717, 1.165) is 62.3 Å². The molecule has 2 saturated heterocycles. The predicted octanol–water partition coefficient (Wildman–Crippen LogP) is 2.04. The number of carbonyl (C=O) groups is 1. The number of nitrogens with zero attached hydrogens (tertiary/aromatic N) is 4. The number of nitrogens with one attached hydrogen (secondary N) is 1. The summed E-state index contributed by atoms with van der Waals surface area (Å²) in [5, 5.41) is 1.08. The van der Waals surface area contributed by atoms with Crippen molar-refractivity contribution in [2.75, 3.05) is 31.1 Å². The molecule has 1 amide bonds. The lowest BCUT2D eigenvalue weighted by atomic mass is 9.65. The normalized spacial score (nSPS) is 28.0. The number of piperidine rings is 2. The van der Waals surface area contributed by atoms with Gasteiger partial charge in [-0.15, -0.1) is 0 Å². The smallest absolute Gasteiger partial charge is 0.209 e. The van der Waals surface area contributed by atoms with Crippen LogP contribution in [0.4, 0.5) is 5.82 Å². The molecular formula is C17H23N5O. The number of H-pyrrole nitrogens is 1. The minimum Gasteiger partial charge on any atom is -0.355 e. The number of likely N-dealkylation sites (tertiary alicyclic amines) is 1. The van der Waals surface area contributed by atoms with Gasteiger partial charge in [-0.2, -0.15) is 0 Å². The maximum Gasteiger partial charge on any atom is 0.209 e. The van der Waals surface area contributed by atoms with Gasteiger partial charge < -0.3 is 14.8 Å². The Kier molecular flexibility index (Phi) is 3.47. The molecule has 23 heavy (non-hydrogen) atoms. The van der Waals surface area contributed by atoms with Gasteiger partial charge in [-0.3, -0.25) is 4.79 Å². The molecule has 0 radical (unpaired) electrons. The Labute approximate surface area is 135 Å². The van der Waals surface area contributed by atoms with E-state index in [4.69, 9.17) is 0 Å². The van der Waals surface area contributed by atoms with Gasteiger partial charge in [0, 0.05) is 37.8 Å². The van der Waals surface area contributed by atoms with Gasteiger partial charge in [0.15, 0.2) is 0 Å². The minimum atomic E-state index is 0.186. The standard InChI is InChI=1S/C17H23N5O/c1-2-17-9-21(12-23)7-4-13(17)5-8-22(10-17)16-14-3-6-18-15(14)19-11-20-16/h3,6,11-13H,2,4-5,7-10H2,1H3,(H,18,19,20). The van der Waals surface area contributed by atoms with Crippen LogP contribution in [0.5, 0.6) is 0 Å². The highest BCUT2D eigenvalue weighted by molar-refractivity contribution is 5.87. The number of hydrogen-bond acceptors (Lipinski definition) is 4. The van der Waals surface area contributed by atoms with E-state index < -0.39 is 0 Å². The molecule has 6 heteroatoms. The summed E-state index contributed by atoms with van der Waals surface area (Å²) in [6, 6.07) is 2.05.